The number of halogens is 2. The van der Waals surface area contributed by atoms with Crippen molar-refractivity contribution in [2.45, 2.75) is 30.9 Å². The zero-order valence-electron chi connectivity index (χ0n) is 12.2. The molecule has 21 heavy (non-hydrogen) atoms. The van der Waals surface area contributed by atoms with Gasteiger partial charge in [-0.15, -0.1) is 0 Å². The molecule has 1 aromatic carbocycles. The van der Waals surface area contributed by atoms with Crippen LogP contribution in [0.25, 0.3) is 0 Å². The van der Waals surface area contributed by atoms with Crippen LogP contribution in [-0.2, 0) is 9.47 Å². The largest absolute Gasteiger partial charge is 0.378 e. The van der Waals surface area contributed by atoms with Gasteiger partial charge in [0.25, 0.3) is 0 Å². The SMILES string of the molecule is CNC(c1cc(I)ccc1Br)C1CCOC2(CCOC2)C1. The second-order valence-electron chi connectivity index (χ2n) is 6.02. The minimum absolute atomic E-state index is 0.0353. The van der Waals surface area contributed by atoms with Crippen molar-refractivity contribution in [3.8, 4) is 0 Å². The maximum absolute atomic E-state index is 6.08. The van der Waals surface area contributed by atoms with Gasteiger partial charge in [-0.3, -0.25) is 0 Å². The van der Waals surface area contributed by atoms with Crippen molar-refractivity contribution < 1.29 is 9.47 Å². The van der Waals surface area contributed by atoms with E-state index in [9.17, 15) is 0 Å². The Labute approximate surface area is 148 Å². The molecular weight excluding hydrogens is 445 g/mol. The molecule has 0 bridgehead atoms. The molecule has 3 atom stereocenters. The molecule has 1 N–H and O–H groups in total. The molecule has 2 saturated heterocycles. The van der Waals surface area contributed by atoms with E-state index in [0.717, 1.165) is 39.1 Å². The minimum Gasteiger partial charge on any atom is -0.378 e. The maximum Gasteiger partial charge on any atom is 0.0940 e. The highest BCUT2D eigenvalue weighted by molar-refractivity contribution is 14.1. The van der Waals surface area contributed by atoms with Crippen LogP contribution in [0.2, 0.25) is 0 Å². The lowest BCUT2D eigenvalue weighted by Gasteiger charge is -2.40. The predicted molar refractivity (Wildman–Crippen MR) is 95.5 cm³/mol. The maximum atomic E-state index is 6.08. The third-order valence-electron chi connectivity index (χ3n) is 4.67. The van der Waals surface area contributed by atoms with E-state index in [-0.39, 0.29) is 5.60 Å². The van der Waals surface area contributed by atoms with Gasteiger partial charge in [0.2, 0.25) is 0 Å². The first-order chi connectivity index (χ1) is 10.1. The predicted octanol–water partition coefficient (Wildman–Crippen LogP) is 3.90. The first-order valence-corrected chi connectivity index (χ1v) is 9.35. The van der Waals surface area contributed by atoms with Crippen molar-refractivity contribution in [3.05, 3.63) is 31.8 Å². The van der Waals surface area contributed by atoms with Gasteiger partial charge in [0.1, 0.15) is 0 Å². The molecule has 2 aliphatic rings. The number of nitrogens with one attached hydrogen (secondary N) is 1. The van der Waals surface area contributed by atoms with Crippen LogP contribution in [-0.4, -0.2) is 32.5 Å². The Kier molecular flexibility index (Phi) is 5.26. The molecule has 0 amide bonds. The second kappa shape index (κ2) is 6.83. The zero-order chi connectivity index (χ0) is 14.9. The van der Waals surface area contributed by atoms with E-state index in [1.807, 2.05) is 0 Å². The topological polar surface area (TPSA) is 30.5 Å². The van der Waals surface area contributed by atoms with Crippen LogP contribution in [0.1, 0.15) is 30.9 Å². The summed E-state index contributed by atoms with van der Waals surface area (Å²) < 4.78 is 14.1. The highest BCUT2D eigenvalue weighted by atomic mass is 127. The van der Waals surface area contributed by atoms with Gasteiger partial charge >= 0.3 is 0 Å². The van der Waals surface area contributed by atoms with Crippen molar-refractivity contribution in [1.82, 2.24) is 5.32 Å². The lowest BCUT2D eigenvalue weighted by atomic mass is 9.79. The summed E-state index contributed by atoms with van der Waals surface area (Å²) in [6.45, 7) is 2.44. The van der Waals surface area contributed by atoms with Gasteiger partial charge in [-0.25, -0.2) is 0 Å². The average Bonchev–Trinajstić information content (AvgIpc) is 2.91. The summed E-state index contributed by atoms with van der Waals surface area (Å²) in [5.74, 6) is 0.583. The van der Waals surface area contributed by atoms with Crippen LogP contribution in [0.4, 0.5) is 0 Å². The number of benzene rings is 1. The molecular formula is C16H21BrINO2. The molecule has 0 aromatic heterocycles. The lowest BCUT2D eigenvalue weighted by Crippen LogP contribution is -2.43. The summed E-state index contributed by atoms with van der Waals surface area (Å²) in [7, 11) is 2.06. The van der Waals surface area contributed by atoms with Crippen molar-refractivity contribution in [2.75, 3.05) is 26.9 Å². The molecule has 2 fully saturated rings. The number of ether oxygens (including phenoxy) is 2. The van der Waals surface area contributed by atoms with E-state index in [1.54, 1.807) is 0 Å². The smallest absolute Gasteiger partial charge is 0.0940 e. The molecule has 3 unspecified atom stereocenters. The van der Waals surface area contributed by atoms with Crippen LogP contribution in [0.5, 0.6) is 0 Å². The van der Waals surface area contributed by atoms with E-state index in [0.29, 0.717) is 12.0 Å². The summed E-state index contributed by atoms with van der Waals surface area (Å²) in [6.07, 6.45) is 3.22. The molecule has 2 heterocycles. The standard InChI is InChI=1S/C16H21BrINO2/c1-19-15(13-8-12(18)2-3-14(13)17)11-4-6-21-16(9-11)5-7-20-10-16/h2-3,8,11,15,19H,4-7,9-10H2,1H3. The number of hydrogen-bond acceptors (Lipinski definition) is 3. The van der Waals surface area contributed by atoms with Gasteiger partial charge in [-0.2, -0.15) is 0 Å². The molecule has 0 saturated carbocycles. The second-order valence-corrected chi connectivity index (χ2v) is 8.12. The molecule has 0 aliphatic carbocycles. The third kappa shape index (κ3) is 3.47. The van der Waals surface area contributed by atoms with Crippen LogP contribution in [0, 0.1) is 9.49 Å². The Hall–Kier alpha value is 0.310. The third-order valence-corrected chi connectivity index (χ3v) is 6.07. The van der Waals surface area contributed by atoms with Gasteiger partial charge in [0, 0.05) is 33.7 Å². The van der Waals surface area contributed by atoms with Crippen molar-refractivity contribution in [1.29, 1.82) is 0 Å². The number of hydrogen-bond donors (Lipinski definition) is 1. The Morgan fingerprint density at radius 2 is 2.29 bits per heavy atom. The molecule has 3 rings (SSSR count). The summed E-state index contributed by atoms with van der Waals surface area (Å²) in [5.41, 5.74) is 1.32. The number of rotatable bonds is 3. The van der Waals surface area contributed by atoms with Crippen LogP contribution in [0.3, 0.4) is 0 Å². The fourth-order valence-electron chi connectivity index (χ4n) is 3.61. The van der Waals surface area contributed by atoms with Crippen LogP contribution >= 0.6 is 38.5 Å². The molecule has 2 aliphatic heterocycles. The van der Waals surface area contributed by atoms with Crippen molar-refractivity contribution >= 4 is 38.5 Å². The lowest BCUT2D eigenvalue weighted by molar-refractivity contribution is -0.103. The Morgan fingerprint density at radius 1 is 1.43 bits per heavy atom. The molecule has 1 aromatic rings. The normalized spacial score (nSPS) is 30.7. The Balaban J connectivity index is 1.84. The summed E-state index contributed by atoms with van der Waals surface area (Å²) in [5, 5.41) is 3.53. The van der Waals surface area contributed by atoms with E-state index in [4.69, 9.17) is 9.47 Å². The van der Waals surface area contributed by atoms with E-state index >= 15 is 0 Å². The summed E-state index contributed by atoms with van der Waals surface area (Å²) >= 11 is 6.10. The van der Waals surface area contributed by atoms with Gasteiger partial charge < -0.3 is 14.8 Å². The van der Waals surface area contributed by atoms with Crippen molar-refractivity contribution in [3.63, 3.8) is 0 Å². The first-order valence-electron chi connectivity index (χ1n) is 7.47. The van der Waals surface area contributed by atoms with Gasteiger partial charge in [0.05, 0.1) is 12.2 Å². The average molecular weight is 466 g/mol. The highest BCUT2D eigenvalue weighted by Gasteiger charge is 2.43. The molecule has 3 nitrogen and oxygen atoms in total. The first kappa shape index (κ1) is 16.2. The highest BCUT2D eigenvalue weighted by Crippen LogP contribution is 2.42. The van der Waals surface area contributed by atoms with Gasteiger partial charge in [0.15, 0.2) is 0 Å². The molecule has 0 radical (unpaired) electrons. The fraction of sp³-hybridized carbons (Fsp3) is 0.625. The van der Waals surface area contributed by atoms with E-state index in [1.165, 1.54) is 13.6 Å². The Bertz CT molecular complexity index is 505. The molecule has 1 spiro atoms. The van der Waals surface area contributed by atoms with E-state index in [2.05, 4.69) is 69.1 Å². The quantitative estimate of drug-likeness (QED) is 0.686. The monoisotopic (exact) mass is 465 g/mol. The fourth-order valence-corrected chi connectivity index (χ4v) is 4.62. The van der Waals surface area contributed by atoms with E-state index < -0.39 is 0 Å². The Morgan fingerprint density at radius 3 is 3.00 bits per heavy atom. The molecule has 5 heteroatoms. The molecule has 116 valence electrons. The van der Waals surface area contributed by atoms with Gasteiger partial charge in [-0.05, 0) is 72.2 Å². The van der Waals surface area contributed by atoms with Crippen LogP contribution in [0.15, 0.2) is 22.7 Å². The van der Waals surface area contributed by atoms with Crippen LogP contribution < -0.4 is 5.32 Å². The summed E-state index contributed by atoms with van der Waals surface area (Å²) in [6, 6.07) is 6.92. The van der Waals surface area contributed by atoms with Crippen molar-refractivity contribution in [2.24, 2.45) is 5.92 Å². The van der Waals surface area contributed by atoms with Gasteiger partial charge in [-0.1, -0.05) is 15.9 Å². The zero-order valence-corrected chi connectivity index (χ0v) is 15.9. The summed E-state index contributed by atoms with van der Waals surface area (Å²) in [4.78, 5) is 0. The minimum atomic E-state index is -0.0353.